The monoisotopic (exact) mass is 338 g/mol. The topological polar surface area (TPSA) is 67.4 Å². The summed E-state index contributed by atoms with van der Waals surface area (Å²) in [4.78, 5) is 23.9. The fourth-order valence-electron chi connectivity index (χ4n) is 2.06. The van der Waals surface area contributed by atoms with Crippen LogP contribution in [0.2, 0.25) is 0 Å². The number of amides is 2. The van der Waals surface area contributed by atoms with Gasteiger partial charge in [-0.25, -0.2) is 9.59 Å². The molecule has 2 N–H and O–H groups in total. The van der Waals surface area contributed by atoms with Crippen molar-refractivity contribution < 1.29 is 14.3 Å². The molecule has 0 bridgehead atoms. The molecule has 0 atom stereocenters. The Morgan fingerprint density at radius 2 is 1.56 bits per heavy atom. The first-order valence-electron chi connectivity index (χ1n) is 7.97. The molecule has 2 aromatic rings. The predicted octanol–water partition coefficient (Wildman–Crippen LogP) is 4.69. The summed E-state index contributed by atoms with van der Waals surface area (Å²) in [5.74, 6) is -0.434. The van der Waals surface area contributed by atoms with Gasteiger partial charge in [-0.2, -0.15) is 0 Å². The maximum atomic E-state index is 12.1. The van der Waals surface area contributed by atoms with Gasteiger partial charge < -0.3 is 15.4 Å². The summed E-state index contributed by atoms with van der Waals surface area (Å²) in [7, 11) is 0. The zero-order valence-electron chi connectivity index (χ0n) is 14.6. The second-order valence-electron chi connectivity index (χ2n) is 6.40. The van der Waals surface area contributed by atoms with E-state index in [4.69, 9.17) is 4.74 Å². The number of benzene rings is 2. The van der Waals surface area contributed by atoms with E-state index in [1.165, 1.54) is 6.08 Å². The van der Waals surface area contributed by atoms with Gasteiger partial charge in [-0.05, 0) is 50.6 Å². The largest absolute Gasteiger partial charge is 0.457 e. The Morgan fingerprint density at radius 3 is 2.24 bits per heavy atom. The first-order valence-corrected chi connectivity index (χ1v) is 7.97. The first-order chi connectivity index (χ1) is 11.8. The SMILES string of the molecule is CC(C)(C)OC(=O)/C=C/c1ccccc1NC(=O)Nc1ccccc1. The van der Waals surface area contributed by atoms with Crippen molar-refractivity contribution in [1.82, 2.24) is 0 Å². The standard InChI is InChI=1S/C20H22N2O3/c1-20(2,3)25-18(23)14-13-15-9-7-8-12-17(15)22-19(24)21-16-10-5-4-6-11-16/h4-14H,1-3H3,(H2,21,22,24)/b14-13+. The third-order valence-electron chi connectivity index (χ3n) is 3.05. The molecule has 5 nitrogen and oxygen atoms in total. The molecule has 0 radical (unpaired) electrons. The van der Waals surface area contributed by atoms with E-state index in [0.717, 1.165) is 0 Å². The second-order valence-corrected chi connectivity index (χ2v) is 6.40. The van der Waals surface area contributed by atoms with E-state index >= 15 is 0 Å². The van der Waals surface area contributed by atoms with E-state index < -0.39 is 11.6 Å². The number of esters is 1. The van der Waals surface area contributed by atoms with Crippen LogP contribution >= 0.6 is 0 Å². The number of carbonyl (C=O) groups excluding carboxylic acids is 2. The van der Waals surface area contributed by atoms with Gasteiger partial charge in [0.15, 0.2) is 0 Å². The molecular weight excluding hydrogens is 316 g/mol. The highest BCUT2D eigenvalue weighted by atomic mass is 16.6. The van der Waals surface area contributed by atoms with Gasteiger partial charge in [-0.3, -0.25) is 0 Å². The van der Waals surface area contributed by atoms with E-state index in [9.17, 15) is 9.59 Å². The van der Waals surface area contributed by atoms with Crippen molar-refractivity contribution in [3.8, 4) is 0 Å². The summed E-state index contributed by atoms with van der Waals surface area (Å²) in [5, 5.41) is 5.53. The van der Waals surface area contributed by atoms with Crippen molar-refractivity contribution in [3.05, 3.63) is 66.2 Å². The van der Waals surface area contributed by atoms with Crippen LogP contribution in [0.25, 0.3) is 6.08 Å². The van der Waals surface area contributed by atoms with Crippen molar-refractivity contribution in [2.45, 2.75) is 26.4 Å². The minimum Gasteiger partial charge on any atom is -0.457 e. The summed E-state index contributed by atoms with van der Waals surface area (Å²) < 4.78 is 5.23. The summed E-state index contributed by atoms with van der Waals surface area (Å²) in [6, 6.07) is 16.0. The molecule has 0 spiro atoms. The van der Waals surface area contributed by atoms with Crippen molar-refractivity contribution in [2.75, 3.05) is 10.6 Å². The van der Waals surface area contributed by atoms with E-state index in [0.29, 0.717) is 16.9 Å². The minimum atomic E-state index is -0.547. The van der Waals surface area contributed by atoms with Crippen LogP contribution < -0.4 is 10.6 Å². The molecular formula is C20H22N2O3. The molecule has 0 aliphatic carbocycles. The van der Waals surface area contributed by atoms with Crippen molar-refractivity contribution >= 4 is 29.5 Å². The first kappa shape index (κ1) is 18.3. The van der Waals surface area contributed by atoms with Crippen molar-refractivity contribution in [1.29, 1.82) is 0 Å². The molecule has 130 valence electrons. The number of carbonyl (C=O) groups is 2. The Hall–Kier alpha value is -3.08. The highest BCUT2D eigenvalue weighted by Gasteiger charge is 2.14. The van der Waals surface area contributed by atoms with Gasteiger partial charge in [0.25, 0.3) is 0 Å². The number of hydrogen-bond donors (Lipinski definition) is 2. The molecule has 25 heavy (non-hydrogen) atoms. The lowest BCUT2D eigenvalue weighted by atomic mass is 10.1. The highest BCUT2D eigenvalue weighted by molar-refractivity contribution is 6.01. The molecule has 0 unspecified atom stereocenters. The maximum absolute atomic E-state index is 12.1. The molecule has 5 heteroatoms. The molecule has 0 saturated heterocycles. The molecule has 0 aliphatic heterocycles. The fourth-order valence-corrected chi connectivity index (χ4v) is 2.06. The van der Waals surface area contributed by atoms with Gasteiger partial charge in [0.2, 0.25) is 0 Å². The Bertz CT molecular complexity index is 762. The Balaban J connectivity index is 2.05. The summed E-state index contributed by atoms with van der Waals surface area (Å²) in [6.45, 7) is 5.42. The van der Waals surface area contributed by atoms with Crippen LogP contribution in [0.5, 0.6) is 0 Å². The van der Waals surface area contributed by atoms with E-state index in [2.05, 4.69) is 10.6 Å². The average Bonchev–Trinajstić information content (AvgIpc) is 2.53. The molecule has 0 heterocycles. The third-order valence-corrected chi connectivity index (χ3v) is 3.05. The summed E-state index contributed by atoms with van der Waals surface area (Å²) >= 11 is 0. The van der Waals surface area contributed by atoms with Gasteiger partial charge >= 0.3 is 12.0 Å². The normalized spacial score (nSPS) is 11.2. The number of rotatable bonds is 4. The van der Waals surface area contributed by atoms with Crippen LogP contribution in [0, 0.1) is 0 Å². The Labute approximate surface area is 147 Å². The lowest BCUT2D eigenvalue weighted by Crippen LogP contribution is -2.22. The quantitative estimate of drug-likeness (QED) is 0.628. The average molecular weight is 338 g/mol. The lowest BCUT2D eigenvalue weighted by Gasteiger charge is -2.18. The molecule has 2 rings (SSSR count). The van der Waals surface area contributed by atoms with Crippen LogP contribution in [0.1, 0.15) is 26.3 Å². The molecule has 0 aromatic heterocycles. The van der Waals surface area contributed by atoms with Gasteiger partial charge in [0.05, 0.1) is 0 Å². The minimum absolute atomic E-state index is 0.357. The maximum Gasteiger partial charge on any atom is 0.331 e. The second kappa shape index (κ2) is 8.15. The van der Waals surface area contributed by atoms with Crippen LogP contribution in [0.15, 0.2) is 60.7 Å². The molecule has 2 amide bonds. The number of hydrogen-bond acceptors (Lipinski definition) is 3. The lowest BCUT2D eigenvalue weighted by molar-refractivity contribution is -0.148. The van der Waals surface area contributed by atoms with E-state index in [1.54, 1.807) is 30.3 Å². The van der Waals surface area contributed by atoms with E-state index in [1.807, 2.05) is 51.1 Å². The Kier molecular flexibility index (Phi) is 5.95. The van der Waals surface area contributed by atoms with Gasteiger partial charge in [-0.15, -0.1) is 0 Å². The summed E-state index contributed by atoms with van der Waals surface area (Å²) in [5.41, 5.74) is 1.45. The number of urea groups is 1. The molecule has 0 aliphatic rings. The molecule has 0 fully saturated rings. The van der Waals surface area contributed by atoms with Gasteiger partial charge in [0.1, 0.15) is 5.60 Å². The van der Waals surface area contributed by atoms with Crippen LogP contribution in [-0.4, -0.2) is 17.6 Å². The van der Waals surface area contributed by atoms with Crippen molar-refractivity contribution in [3.63, 3.8) is 0 Å². The van der Waals surface area contributed by atoms with Crippen LogP contribution in [0.4, 0.5) is 16.2 Å². The number of nitrogens with one attached hydrogen (secondary N) is 2. The predicted molar refractivity (Wildman–Crippen MR) is 100 cm³/mol. The number of para-hydroxylation sites is 2. The van der Waals surface area contributed by atoms with Crippen molar-refractivity contribution in [2.24, 2.45) is 0 Å². The Morgan fingerprint density at radius 1 is 0.920 bits per heavy atom. The van der Waals surface area contributed by atoms with Gasteiger partial charge in [0, 0.05) is 17.5 Å². The van der Waals surface area contributed by atoms with Crippen LogP contribution in [0.3, 0.4) is 0 Å². The van der Waals surface area contributed by atoms with Crippen LogP contribution in [-0.2, 0) is 9.53 Å². The zero-order chi connectivity index (χ0) is 18.3. The zero-order valence-corrected chi connectivity index (χ0v) is 14.6. The summed E-state index contributed by atoms with van der Waals surface area (Å²) in [6.07, 6.45) is 2.97. The third kappa shape index (κ3) is 6.51. The fraction of sp³-hybridized carbons (Fsp3) is 0.200. The number of ether oxygens (including phenoxy) is 1. The molecule has 0 saturated carbocycles. The van der Waals surface area contributed by atoms with Gasteiger partial charge in [-0.1, -0.05) is 36.4 Å². The smallest absolute Gasteiger partial charge is 0.331 e. The molecule has 2 aromatic carbocycles. The van der Waals surface area contributed by atoms with E-state index in [-0.39, 0.29) is 6.03 Å². The highest BCUT2D eigenvalue weighted by Crippen LogP contribution is 2.18. The number of anilines is 2.